The Labute approximate surface area is 123 Å². The van der Waals surface area contributed by atoms with Crippen LogP contribution in [0.3, 0.4) is 0 Å². The molecule has 0 radical (unpaired) electrons. The summed E-state index contributed by atoms with van der Waals surface area (Å²) in [5.74, 6) is 0.475. The molecule has 1 aromatic rings. The number of ether oxygens (including phenoxy) is 2. The van der Waals surface area contributed by atoms with Crippen LogP contribution in [0.4, 0.5) is 0 Å². The molecule has 3 nitrogen and oxygen atoms in total. The monoisotopic (exact) mass is 292 g/mol. The number of carbonyl (C=O) groups excluding carboxylic acids is 1. The zero-order chi connectivity index (χ0) is 13.6. The highest BCUT2D eigenvalue weighted by molar-refractivity contribution is 7.14. The zero-order valence-electron chi connectivity index (χ0n) is 11.7. The van der Waals surface area contributed by atoms with E-state index in [1.807, 2.05) is 0 Å². The molecule has 108 valence electrons. The first-order valence-corrected chi connectivity index (χ1v) is 8.45. The molecule has 4 rings (SSSR count). The molecule has 0 N–H and O–H groups in total. The summed E-state index contributed by atoms with van der Waals surface area (Å²) in [5.41, 5.74) is 1.25. The largest absolute Gasteiger partial charge is 0.378 e. The van der Waals surface area contributed by atoms with Crippen molar-refractivity contribution in [1.82, 2.24) is 0 Å². The van der Waals surface area contributed by atoms with E-state index in [9.17, 15) is 4.79 Å². The lowest BCUT2D eigenvalue weighted by Crippen LogP contribution is -2.42. The van der Waals surface area contributed by atoms with Crippen LogP contribution in [0.1, 0.15) is 45.8 Å². The number of thiophene rings is 1. The molecular weight excluding hydrogens is 272 g/mol. The van der Waals surface area contributed by atoms with Crippen molar-refractivity contribution in [2.45, 2.75) is 44.1 Å². The van der Waals surface area contributed by atoms with Gasteiger partial charge in [-0.1, -0.05) is 0 Å². The second-order valence-electron chi connectivity index (χ2n) is 6.30. The Balaban J connectivity index is 1.52. The summed E-state index contributed by atoms with van der Waals surface area (Å²) >= 11 is 1.73. The maximum atomic E-state index is 12.8. The summed E-state index contributed by atoms with van der Waals surface area (Å²) in [4.78, 5) is 15.2. The quantitative estimate of drug-likeness (QED) is 0.786. The minimum atomic E-state index is -0.168. The molecule has 1 aliphatic carbocycles. The molecule has 2 atom stereocenters. The van der Waals surface area contributed by atoms with Gasteiger partial charge in [0, 0.05) is 30.4 Å². The van der Waals surface area contributed by atoms with Crippen molar-refractivity contribution in [3.63, 3.8) is 0 Å². The van der Waals surface area contributed by atoms with Gasteiger partial charge in [-0.25, -0.2) is 0 Å². The highest BCUT2D eigenvalue weighted by atomic mass is 32.1. The van der Waals surface area contributed by atoms with Crippen LogP contribution in [0.2, 0.25) is 0 Å². The number of aryl methyl sites for hydroxylation is 2. The van der Waals surface area contributed by atoms with Crippen LogP contribution in [0.25, 0.3) is 0 Å². The summed E-state index contributed by atoms with van der Waals surface area (Å²) in [6, 6.07) is 2.16. The normalized spacial score (nSPS) is 32.7. The lowest BCUT2D eigenvalue weighted by atomic mass is 9.82. The molecule has 1 aromatic heterocycles. The van der Waals surface area contributed by atoms with Crippen molar-refractivity contribution in [3.05, 3.63) is 21.4 Å². The summed E-state index contributed by atoms with van der Waals surface area (Å²) in [5, 5.41) is 0. The molecule has 4 heteroatoms. The number of hydrogen-bond acceptors (Lipinski definition) is 4. The van der Waals surface area contributed by atoms with E-state index >= 15 is 0 Å². The number of fused-ring (bicyclic) bond motifs is 1. The maximum absolute atomic E-state index is 12.8. The van der Waals surface area contributed by atoms with E-state index < -0.39 is 0 Å². The molecule has 1 spiro atoms. The average Bonchev–Trinajstić information content (AvgIpc) is 3.13. The van der Waals surface area contributed by atoms with E-state index in [1.54, 1.807) is 11.3 Å². The van der Waals surface area contributed by atoms with Gasteiger partial charge in [-0.05, 0) is 43.7 Å². The second kappa shape index (κ2) is 4.93. The molecule has 2 aliphatic heterocycles. The van der Waals surface area contributed by atoms with E-state index in [2.05, 4.69) is 6.07 Å². The Hall–Kier alpha value is -0.710. The molecule has 3 heterocycles. The minimum absolute atomic E-state index is 0.129. The molecule has 0 bridgehead atoms. The van der Waals surface area contributed by atoms with E-state index in [0.29, 0.717) is 19.0 Å². The predicted octanol–water partition coefficient (Wildman–Crippen LogP) is 3.01. The van der Waals surface area contributed by atoms with E-state index in [4.69, 9.17) is 9.47 Å². The lowest BCUT2D eigenvalue weighted by Gasteiger charge is -2.36. The third kappa shape index (κ3) is 2.14. The number of hydrogen-bond donors (Lipinski definition) is 0. The smallest absolute Gasteiger partial charge is 0.176 e. The fraction of sp³-hybridized carbons (Fsp3) is 0.688. The highest BCUT2D eigenvalue weighted by Gasteiger charge is 2.43. The number of ketones is 1. The van der Waals surface area contributed by atoms with E-state index in [0.717, 1.165) is 37.2 Å². The average molecular weight is 292 g/mol. The zero-order valence-corrected chi connectivity index (χ0v) is 12.5. The highest BCUT2D eigenvalue weighted by Crippen LogP contribution is 2.39. The van der Waals surface area contributed by atoms with Crippen LogP contribution in [-0.4, -0.2) is 31.2 Å². The summed E-state index contributed by atoms with van der Waals surface area (Å²) < 4.78 is 11.4. The van der Waals surface area contributed by atoms with Gasteiger partial charge in [0.1, 0.15) is 0 Å². The SMILES string of the molecule is O=C(c1cc2c(s1)CCC2)C1CCOC2(CCOC2)C1. The van der Waals surface area contributed by atoms with Gasteiger partial charge in [0.05, 0.1) is 17.1 Å². The minimum Gasteiger partial charge on any atom is -0.378 e. The first-order chi connectivity index (χ1) is 9.76. The molecule has 0 saturated carbocycles. The summed E-state index contributed by atoms with van der Waals surface area (Å²) in [6.07, 6.45) is 6.23. The molecule has 0 amide bonds. The van der Waals surface area contributed by atoms with Crippen LogP contribution in [0.15, 0.2) is 6.07 Å². The molecule has 20 heavy (non-hydrogen) atoms. The number of carbonyl (C=O) groups is 1. The molecule has 2 unspecified atom stereocenters. The summed E-state index contributed by atoms with van der Waals surface area (Å²) in [7, 11) is 0. The third-order valence-electron chi connectivity index (χ3n) is 4.92. The van der Waals surface area contributed by atoms with Gasteiger partial charge in [0.15, 0.2) is 5.78 Å². The number of Topliss-reactive ketones (excluding diaryl/α,β-unsaturated/α-hetero) is 1. The van der Waals surface area contributed by atoms with Gasteiger partial charge in [0.25, 0.3) is 0 Å². The van der Waals surface area contributed by atoms with Crippen LogP contribution in [-0.2, 0) is 22.3 Å². The molecule has 2 fully saturated rings. The summed E-state index contributed by atoms with van der Waals surface area (Å²) in [6.45, 7) is 2.14. The van der Waals surface area contributed by atoms with Gasteiger partial charge in [-0.3, -0.25) is 4.79 Å². The third-order valence-corrected chi connectivity index (χ3v) is 6.17. The van der Waals surface area contributed by atoms with Crippen molar-refractivity contribution in [2.75, 3.05) is 19.8 Å². The molecule has 3 aliphatic rings. The fourth-order valence-electron chi connectivity index (χ4n) is 3.77. The van der Waals surface area contributed by atoms with Crippen molar-refractivity contribution in [2.24, 2.45) is 5.92 Å². The fourth-order valence-corrected chi connectivity index (χ4v) is 5.04. The Bertz CT molecular complexity index is 506. The van der Waals surface area contributed by atoms with Crippen molar-refractivity contribution >= 4 is 17.1 Å². The molecule has 2 saturated heterocycles. The van der Waals surface area contributed by atoms with Crippen molar-refractivity contribution in [3.8, 4) is 0 Å². The van der Waals surface area contributed by atoms with Crippen LogP contribution in [0.5, 0.6) is 0 Å². The molecular formula is C16H20O3S. The van der Waals surface area contributed by atoms with Crippen LogP contribution >= 0.6 is 11.3 Å². The Morgan fingerprint density at radius 3 is 3.10 bits per heavy atom. The Morgan fingerprint density at radius 1 is 1.35 bits per heavy atom. The van der Waals surface area contributed by atoms with Gasteiger partial charge in [-0.2, -0.15) is 0 Å². The first kappa shape index (κ1) is 13.0. The van der Waals surface area contributed by atoms with Gasteiger partial charge in [-0.15, -0.1) is 11.3 Å². The Kier molecular flexibility index (Phi) is 3.20. The maximum Gasteiger partial charge on any atom is 0.176 e. The van der Waals surface area contributed by atoms with E-state index in [1.165, 1.54) is 23.3 Å². The van der Waals surface area contributed by atoms with Crippen LogP contribution in [0, 0.1) is 5.92 Å². The standard InChI is InChI=1S/C16H20O3S/c17-15(14-8-11-2-1-3-13(11)20-14)12-4-6-19-16(9-12)5-7-18-10-16/h8,12H,1-7,9-10H2. The predicted molar refractivity (Wildman–Crippen MR) is 77.5 cm³/mol. The topological polar surface area (TPSA) is 35.5 Å². The number of rotatable bonds is 2. The second-order valence-corrected chi connectivity index (χ2v) is 7.44. The lowest BCUT2D eigenvalue weighted by molar-refractivity contribution is -0.0920. The van der Waals surface area contributed by atoms with E-state index in [-0.39, 0.29) is 11.5 Å². The Morgan fingerprint density at radius 2 is 2.30 bits per heavy atom. The van der Waals surface area contributed by atoms with Gasteiger partial charge in [0.2, 0.25) is 0 Å². The van der Waals surface area contributed by atoms with Gasteiger partial charge >= 0.3 is 0 Å². The van der Waals surface area contributed by atoms with Crippen molar-refractivity contribution in [1.29, 1.82) is 0 Å². The van der Waals surface area contributed by atoms with Gasteiger partial charge < -0.3 is 9.47 Å². The van der Waals surface area contributed by atoms with Crippen molar-refractivity contribution < 1.29 is 14.3 Å². The van der Waals surface area contributed by atoms with Crippen LogP contribution < -0.4 is 0 Å². The molecule has 0 aromatic carbocycles. The first-order valence-electron chi connectivity index (χ1n) is 7.63.